The van der Waals surface area contributed by atoms with E-state index in [2.05, 4.69) is 0 Å². The highest BCUT2D eigenvalue weighted by atomic mass is 32.1. The lowest BCUT2D eigenvalue weighted by molar-refractivity contribution is 0.112. The van der Waals surface area contributed by atoms with Crippen LogP contribution in [0.3, 0.4) is 0 Å². The predicted molar refractivity (Wildman–Crippen MR) is 56.4 cm³/mol. The van der Waals surface area contributed by atoms with Crippen molar-refractivity contribution in [2.24, 2.45) is 0 Å². The molecule has 2 rings (SSSR count). The molecule has 0 bridgehead atoms. The van der Waals surface area contributed by atoms with Crippen LogP contribution >= 0.6 is 11.3 Å². The smallest absolute Gasteiger partial charge is 0.160 e. The first-order valence-electron chi connectivity index (χ1n) is 3.96. The number of rotatable bonds is 1. The van der Waals surface area contributed by atoms with Gasteiger partial charge < -0.3 is 5.73 Å². The van der Waals surface area contributed by atoms with Crippen LogP contribution in [0.5, 0.6) is 0 Å². The van der Waals surface area contributed by atoms with Crippen LogP contribution in [-0.4, -0.2) is 6.29 Å². The number of aldehydes is 1. The molecule has 0 aliphatic rings. The molecule has 0 spiro atoms. The number of benzene rings is 1. The Morgan fingerprint density at radius 2 is 2.23 bits per heavy atom. The Kier molecular flexibility index (Phi) is 1.81. The second-order valence-corrected chi connectivity index (χ2v) is 4.06. The van der Waals surface area contributed by atoms with Gasteiger partial charge in [-0.05, 0) is 24.6 Å². The van der Waals surface area contributed by atoms with Gasteiger partial charge in [-0.15, -0.1) is 11.3 Å². The second kappa shape index (κ2) is 2.85. The number of hydrogen-bond donors (Lipinski definition) is 1. The van der Waals surface area contributed by atoms with E-state index in [4.69, 9.17) is 5.73 Å². The lowest BCUT2D eigenvalue weighted by Crippen LogP contribution is -1.84. The Bertz CT molecular complexity index is 434. The van der Waals surface area contributed by atoms with Crippen LogP contribution in [-0.2, 0) is 0 Å². The average molecular weight is 191 g/mol. The lowest BCUT2D eigenvalue weighted by atomic mass is 10.1. The quantitative estimate of drug-likeness (QED) is 0.556. The number of carbonyl (C=O) groups excluding carboxylic acids is 1. The van der Waals surface area contributed by atoms with Gasteiger partial charge in [-0.2, -0.15) is 0 Å². The van der Waals surface area contributed by atoms with Crippen molar-refractivity contribution < 1.29 is 4.79 Å². The zero-order chi connectivity index (χ0) is 9.42. The zero-order valence-corrected chi connectivity index (χ0v) is 8.02. The summed E-state index contributed by atoms with van der Waals surface area (Å²) < 4.78 is 1.11. The maximum absolute atomic E-state index is 10.6. The number of nitrogens with two attached hydrogens (primary N) is 1. The molecule has 0 amide bonds. The molecule has 0 saturated heterocycles. The molecule has 0 atom stereocenters. The first-order valence-corrected chi connectivity index (χ1v) is 4.78. The molecule has 0 aliphatic carbocycles. The van der Waals surface area contributed by atoms with E-state index in [-0.39, 0.29) is 0 Å². The van der Waals surface area contributed by atoms with Crippen molar-refractivity contribution in [3.05, 3.63) is 28.6 Å². The van der Waals surface area contributed by atoms with Crippen LogP contribution in [0.2, 0.25) is 0 Å². The van der Waals surface area contributed by atoms with Gasteiger partial charge >= 0.3 is 0 Å². The van der Waals surface area contributed by atoms with Crippen molar-refractivity contribution in [1.29, 1.82) is 0 Å². The number of fused-ring (bicyclic) bond motifs is 1. The van der Waals surface area contributed by atoms with Crippen molar-refractivity contribution in [2.45, 2.75) is 6.92 Å². The Morgan fingerprint density at radius 1 is 1.46 bits per heavy atom. The Balaban J connectivity index is 2.87. The van der Waals surface area contributed by atoms with Crippen LogP contribution in [0.4, 0.5) is 5.69 Å². The summed E-state index contributed by atoms with van der Waals surface area (Å²) in [4.78, 5) is 11.3. The Labute approximate surface area is 80.0 Å². The van der Waals surface area contributed by atoms with E-state index in [1.165, 1.54) is 16.9 Å². The average Bonchev–Trinajstić information content (AvgIpc) is 2.56. The molecule has 0 radical (unpaired) electrons. The molecule has 0 unspecified atom stereocenters. The minimum atomic E-state index is 0.732. The minimum absolute atomic E-state index is 0.732. The van der Waals surface area contributed by atoms with Gasteiger partial charge in [-0.3, -0.25) is 4.79 Å². The minimum Gasteiger partial charge on any atom is -0.398 e. The normalized spacial score (nSPS) is 10.5. The van der Waals surface area contributed by atoms with Crippen molar-refractivity contribution >= 4 is 33.4 Å². The monoisotopic (exact) mass is 191 g/mol. The fraction of sp³-hybridized carbons (Fsp3) is 0.100. The van der Waals surface area contributed by atoms with Crippen LogP contribution in [0.25, 0.3) is 10.1 Å². The summed E-state index contributed by atoms with van der Waals surface area (Å²) in [5, 5.41) is 0.993. The molecule has 2 N–H and O–H groups in total. The third-order valence-electron chi connectivity index (χ3n) is 2.05. The molecular formula is C10H9NOS. The highest BCUT2D eigenvalue weighted by molar-refractivity contribution is 7.20. The fourth-order valence-corrected chi connectivity index (χ4v) is 2.33. The molecular weight excluding hydrogens is 182 g/mol. The molecule has 2 aromatic rings. The zero-order valence-electron chi connectivity index (χ0n) is 7.20. The maximum Gasteiger partial charge on any atom is 0.160 e. The molecule has 66 valence electrons. The summed E-state index contributed by atoms with van der Waals surface area (Å²) in [5.41, 5.74) is 7.69. The number of thiophene rings is 1. The molecule has 3 heteroatoms. The van der Waals surface area contributed by atoms with Crippen LogP contribution in [0.1, 0.15) is 15.2 Å². The summed E-state index contributed by atoms with van der Waals surface area (Å²) >= 11 is 1.49. The molecule has 1 aromatic carbocycles. The van der Waals surface area contributed by atoms with Crippen molar-refractivity contribution in [3.63, 3.8) is 0 Å². The number of hydrogen-bond acceptors (Lipinski definition) is 3. The van der Waals surface area contributed by atoms with E-state index < -0.39 is 0 Å². The standard InChI is InChI=1S/C10H9NOS/c1-6-2-3-9(11)8-4-7(5-12)13-10(6)8/h2-5H,11H2,1H3. The van der Waals surface area contributed by atoms with Crippen LogP contribution in [0.15, 0.2) is 18.2 Å². The van der Waals surface area contributed by atoms with Gasteiger partial charge in [0.05, 0.1) is 4.88 Å². The summed E-state index contributed by atoms with van der Waals surface area (Å²) in [6, 6.07) is 5.69. The van der Waals surface area contributed by atoms with Gasteiger partial charge in [0.15, 0.2) is 6.29 Å². The first-order chi connectivity index (χ1) is 6.22. The summed E-state index contributed by atoms with van der Waals surface area (Å²) in [7, 11) is 0. The van der Waals surface area contributed by atoms with Crippen LogP contribution < -0.4 is 5.73 Å². The van der Waals surface area contributed by atoms with E-state index in [0.717, 1.165) is 26.9 Å². The van der Waals surface area contributed by atoms with Gasteiger partial charge in [0.1, 0.15) is 0 Å². The van der Waals surface area contributed by atoms with Gasteiger partial charge in [0.25, 0.3) is 0 Å². The molecule has 13 heavy (non-hydrogen) atoms. The van der Waals surface area contributed by atoms with E-state index in [9.17, 15) is 4.79 Å². The lowest BCUT2D eigenvalue weighted by Gasteiger charge is -1.97. The first kappa shape index (κ1) is 8.26. The molecule has 0 fully saturated rings. The third kappa shape index (κ3) is 1.21. The van der Waals surface area contributed by atoms with E-state index in [0.29, 0.717) is 0 Å². The van der Waals surface area contributed by atoms with Gasteiger partial charge in [0.2, 0.25) is 0 Å². The van der Waals surface area contributed by atoms with E-state index >= 15 is 0 Å². The molecule has 0 aliphatic heterocycles. The van der Waals surface area contributed by atoms with Crippen molar-refractivity contribution in [3.8, 4) is 0 Å². The van der Waals surface area contributed by atoms with Crippen molar-refractivity contribution in [1.82, 2.24) is 0 Å². The molecule has 2 nitrogen and oxygen atoms in total. The summed E-state index contributed by atoms with van der Waals surface area (Å²) in [6.45, 7) is 2.02. The van der Waals surface area contributed by atoms with Gasteiger partial charge in [0, 0.05) is 15.8 Å². The number of aryl methyl sites for hydroxylation is 1. The molecule has 1 aromatic heterocycles. The molecule has 1 heterocycles. The predicted octanol–water partition coefficient (Wildman–Crippen LogP) is 2.60. The van der Waals surface area contributed by atoms with Gasteiger partial charge in [-0.1, -0.05) is 6.07 Å². The molecule has 0 saturated carbocycles. The van der Waals surface area contributed by atoms with Crippen LogP contribution in [0, 0.1) is 6.92 Å². The van der Waals surface area contributed by atoms with Gasteiger partial charge in [-0.25, -0.2) is 0 Å². The Morgan fingerprint density at radius 3 is 2.85 bits per heavy atom. The maximum atomic E-state index is 10.6. The number of carbonyl (C=O) groups is 1. The summed E-state index contributed by atoms with van der Waals surface area (Å²) in [5.74, 6) is 0. The third-order valence-corrected chi connectivity index (χ3v) is 3.25. The van der Waals surface area contributed by atoms with E-state index in [1.54, 1.807) is 0 Å². The highest BCUT2D eigenvalue weighted by Gasteiger charge is 2.05. The fourth-order valence-electron chi connectivity index (χ4n) is 1.36. The highest BCUT2D eigenvalue weighted by Crippen LogP contribution is 2.31. The van der Waals surface area contributed by atoms with Crippen molar-refractivity contribution in [2.75, 3.05) is 5.73 Å². The topological polar surface area (TPSA) is 43.1 Å². The second-order valence-electron chi connectivity index (χ2n) is 2.98. The number of nitrogen functional groups attached to an aromatic ring is 1. The number of anilines is 1. The largest absolute Gasteiger partial charge is 0.398 e. The van der Waals surface area contributed by atoms with E-state index in [1.807, 2.05) is 25.1 Å². The SMILES string of the molecule is Cc1ccc(N)c2cc(C=O)sc12. The Hall–Kier alpha value is -1.35. The summed E-state index contributed by atoms with van der Waals surface area (Å²) in [6.07, 6.45) is 0.865.